The van der Waals surface area contributed by atoms with Crippen molar-refractivity contribution in [2.75, 3.05) is 21.3 Å². The van der Waals surface area contributed by atoms with Gasteiger partial charge in [0.1, 0.15) is 11.6 Å². The van der Waals surface area contributed by atoms with Crippen molar-refractivity contribution < 1.29 is 18.6 Å². The number of ether oxygens (including phenoxy) is 3. The van der Waals surface area contributed by atoms with Crippen molar-refractivity contribution in [2.45, 2.75) is 0 Å². The van der Waals surface area contributed by atoms with Crippen molar-refractivity contribution in [1.82, 2.24) is 0 Å². The summed E-state index contributed by atoms with van der Waals surface area (Å²) >= 11 is 0. The quantitative estimate of drug-likeness (QED) is 0.786. The fourth-order valence-corrected chi connectivity index (χ4v) is 2.13. The summed E-state index contributed by atoms with van der Waals surface area (Å²) in [6.07, 6.45) is 3.50. The highest BCUT2D eigenvalue weighted by Gasteiger charge is 2.10. The molecule has 0 aliphatic heterocycles. The maximum atomic E-state index is 13.2. The molecule has 5 heteroatoms. The molecule has 2 rings (SSSR count). The number of hydrogen-bond donors (Lipinski definition) is 0. The van der Waals surface area contributed by atoms with Crippen LogP contribution >= 0.6 is 0 Å². The fraction of sp³-hybridized carbons (Fsp3) is 0.167. The van der Waals surface area contributed by atoms with Gasteiger partial charge in [-0.1, -0.05) is 18.2 Å². The fourth-order valence-electron chi connectivity index (χ4n) is 2.13. The van der Waals surface area contributed by atoms with Gasteiger partial charge in [0, 0.05) is 11.6 Å². The van der Waals surface area contributed by atoms with E-state index >= 15 is 0 Å². The number of hydrogen-bond acceptors (Lipinski definition) is 4. The van der Waals surface area contributed by atoms with Crippen LogP contribution in [0.1, 0.15) is 16.7 Å². The molecule has 0 aliphatic rings. The highest BCUT2D eigenvalue weighted by molar-refractivity contribution is 5.76. The van der Waals surface area contributed by atoms with Gasteiger partial charge in [-0.3, -0.25) is 0 Å². The molecule has 0 spiro atoms. The van der Waals surface area contributed by atoms with Crippen LogP contribution in [0.3, 0.4) is 0 Å². The molecule has 2 aromatic carbocycles. The first kappa shape index (κ1) is 16.4. The molecule has 0 heterocycles. The minimum absolute atomic E-state index is 0.265. The minimum Gasteiger partial charge on any atom is -0.496 e. The monoisotopic (exact) mass is 313 g/mol. The Morgan fingerprint density at radius 1 is 0.870 bits per heavy atom. The van der Waals surface area contributed by atoms with E-state index in [1.807, 2.05) is 6.07 Å². The number of nitriles is 1. The first-order valence-electron chi connectivity index (χ1n) is 6.80. The molecule has 0 fully saturated rings. The summed E-state index contributed by atoms with van der Waals surface area (Å²) in [6.45, 7) is 0. The zero-order valence-corrected chi connectivity index (χ0v) is 13.1. The SMILES string of the molecule is COc1cc(OC)c(OC)cc1C=Cc1ccc(F)cc1C#N. The molecule has 4 nitrogen and oxygen atoms in total. The van der Waals surface area contributed by atoms with E-state index < -0.39 is 5.82 Å². The van der Waals surface area contributed by atoms with Crippen LogP contribution in [0.2, 0.25) is 0 Å². The first-order chi connectivity index (χ1) is 11.1. The Hall–Kier alpha value is -3.00. The summed E-state index contributed by atoms with van der Waals surface area (Å²) in [6, 6.07) is 9.52. The van der Waals surface area contributed by atoms with Crippen LogP contribution in [-0.4, -0.2) is 21.3 Å². The number of nitrogens with zero attached hydrogens (tertiary/aromatic N) is 1. The van der Waals surface area contributed by atoms with Crippen LogP contribution in [0, 0.1) is 17.1 Å². The van der Waals surface area contributed by atoms with Crippen LogP contribution in [0.4, 0.5) is 4.39 Å². The molecule has 0 saturated carbocycles. The molecule has 0 N–H and O–H groups in total. The Morgan fingerprint density at radius 3 is 2.09 bits per heavy atom. The first-order valence-corrected chi connectivity index (χ1v) is 6.80. The Morgan fingerprint density at radius 2 is 1.48 bits per heavy atom. The highest BCUT2D eigenvalue weighted by atomic mass is 19.1. The predicted molar refractivity (Wildman–Crippen MR) is 86.1 cm³/mol. The molecule has 23 heavy (non-hydrogen) atoms. The summed E-state index contributed by atoms with van der Waals surface area (Å²) in [7, 11) is 4.65. The molecule has 0 saturated heterocycles. The average Bonchev–Trinajstić information content (AvgIpc) is 2.59. The molecule has 0 unspecified atom stereocenters. The van der Waals surface area contributed by atoms with E-state index in [2.05, 4.69) is 0 Å². The van der Waals surface area contributed by atoms with Gasteiger partial charge in [-0.2, -0.15) is 5.26 Å². The van der Waals surface area contributed by atoms with Gasteiger partial charge in [-0.25, -0.2) is 4.39 Å². The second-order valence-electron chi connectivity index (χ2n) is 4.63. The average molecular weight is 313 g/mol. The van der Waals surface area contributed by atoms with Gasteiger partial charge in [0.05, 0.1) is 33.0 Å². The molecule has 118 valence electrons. The van der Waals surface area contributed by atoms with E-state index in [-0.39, 0.29) is 5.56 Å². The topological polar surface area (TPSA) is 51.5 Å². The van der Waals surface area contributed by atoms with Crippen LogP contribution in [0.25, 0.3) is 12.2 Å². The van der Waals surface area contributed by atoms with Gasteiger partial charge < -0.3 is 14.2 Å². The maximum Gasteiger partial charge on any atom is 0.164 e. The number of halogens is 1. The molecule has 0 radical (unpaired) electrons. The second-order valence-corrected chi connectivity index (χ2v) is 4.63. The minimum atomic E-state index is -0.442. The third-order valence-electron chi connectivity index (χ3n) is 3.31. The summed E-state index contributed by atoms with van der Waals surface area (Å²) in [4.78, 5) is 0. The van der Waals surface area contributed by atoms with Crippen LogP contribution in [-0.2, 0) is 0 Å². The van der Waals surface area contributed by atoms with Crippen LogP contribution in [0.15, 0.2) is 30.3 Å². The van der Waals surface area contributed by atoms with E-state index in [1.54, 1.807) is 51.7 Å². The number of benzene rings is 2. The lowest BCUT2D eigenvalue weighted by Gasteiger charge is -2.12. The van der Waals surface area contributed by atoms with Crippen molar-refractivity contribution in [2.24, 2.45) is 0 Å². The Kier molecular flexibility index (Phi) is 5.21. The normalized spacial score (nSPS) is 10.4. The number of rotatable bonds is 5. The lowest BCUT2D eigenvalue weighted by atomic mass is 10.1. The lowest BCUT2D eigenvalue weighted by Crippen LogP contribution is -1.94. The lowest BCUT2D eigenvalue weighted by molar-refractivity contribution is 0.348. The van der Waals surface area contributed by atoms with E-state index in [0.717, 1.165) is 5.56 Å². The summed E-state index contributed by atoms with van der Waals surface area (Å²) in [5, 5.41) is 9.08. The molecular formula is C18H16FNO3. The van der Waals surface area contributed by atoms with Crippen molar-refractivity contribution >= 4 is 12.2 Å². The largest absolute Gasteiger partial charge is 0.496 e. The van der Waals surface area contributed by atoms with Crippen LogP contribution in [0.5, 0.6) is 17.2 Å². The molecule has 0 amide bonds. The third-order valence-corrected chi connectivity index (χ3v) is 3.31. The van der Waals surface area contributed by atoms with Gasteiger partial charge in [0.2, 0.25) is 0 Å². The summed E-state index contributed by atoms with van der Waals surface area (Å²) < 4.78 is 29.0. The van der Waals surface area contributed by atoms with Crippen molar-refractivity contribution in [1.29, 1.82) is 5.26 Å². The van der Waals surface area contributed by atoms with Crippen LogP contribution < -0.4 is 14.2 Å². The molecular weight excluding hydrogens is 297 g/mol. The Labute approximate surface area is 134 Å². The molecule has 0 aliphatic carbocycles. The van der Waals surface area contributed by atoms with E-state index in [4.69, 9.17) is 19.5 Å². The van der Waals surface area contributed by atoms with Gasteiger partial charge in [0.15, 0.2) is 11.5 Å². The van der Waals surface area contributed by atoms with Crippen molar-refractivity contribution in [3.8, 4) is 23.3 Å². The smallest absolute Gasteiger partial charge is 0.164 e. The van der Waals surface area contributed by atoms with E-state index in [9.17, 15) is 4.39 Å². The molecule has 2 aromatic rings. The zero-order valence-electron chi connectivity index (χ0n) is 13.1. The summed E-state index contributed by atoms with van der Waals surface area (Å²) in [5.41, 5.74) is 1.63. The van der Waals surface area contributed by atoms with Crippen molar-refractivity contribution in [3.63, 3.8) is 0 Å². The Bertz CT molecular complexity index is 779. The zero-order chi connectivity index (χ0) is 16.8. The van der Waals surface area contributed by atoms with Gasteiger partial charge in [-0.15, -0.1) is 0 Å². The predicted octanol–water partition coefficient (Wildman–Crippen LogP) is 3.89. The maximum absolute atomic E-state index is 13.2. The third kappa shape index (κ3) is 3.61. The van der Waals surface area contributed by atoms with Crippen molar-refractivity contribution in [3.05, 3.63) is 52.8 Å². The highest BCUT2D eigenvalue weighted by Crippen LogP contribution is 2.35. The second kappa shape index (κ2) is 7.32. The van der Waals surface area contributed by atoms with Gasteiger partial charge in [-0.05, 0) is 23.8 Å². The Balaban J connectivity index is 2.45. The molecule has 0 bridgehead atoms. The van der Waals surface area contributed by atoms with E-state index in [0.29, 0.717) is 22.8 Å². The standard InChI is InChI=1S/C18H16FNO3/c1-21-16-10-18(23-3)17(22-2)9-13(16)5-4-12-6-7-15(19)8-14(12)11-20/h4-10H,1-3H3. The summed E-state index contributed by atoms with van der Waals surface area (Å²) in [5.74, 6) is 1.27. The molecule has 0 aromatic heterocycles. The van der Waals surface area contributed by atoms with E-state index in [1.165, 1.54) is 12.1 Å². The van der Waals surface area contributed by atoms with Gasteiger partial charge in [0.25, 0.3) is 0 Å². The van der Waals surface area contributed by atoms with Gasteiger partial charge >= 0.3 is 0 Å². The molecule has 0 atom stereocenters. The number of methoxy groups -OCH3 is 3.